The van der Waals surface area contributed by atoms with Gasteiger partial charge >= 0.3 is 5.97 Å². The molecule has 3 heterocycles. The number of fused-ring (bicyclic) bond motifs is 1. The zero-order valence-corrected chi connectivity index (χ0v) is 15.6. The van der Waals surface area contributed by atoms with Gasteiger partial charge in [-0.3, -0.25) is 4.90 Å². The summed E-state index contributed by atoms with van der Waals surface area (Å²) in [5.41, 5.74) is 3.05. The van der Waals surface area contributed by atoms with Gasteiger partial charge in [-0.1, -0.05) is 42.4 Å². The average Bonchev–Trinajstić information content (AvgIpc) is 3.09. The Labute approximate surface area is 158 Å². The lowest BCUT2D eigenvalue weighted by molar-refractivity contribution is 0.00793. The maximum Gasteiger partial charge on any atom is 0.339 e. The lowest BCUT2D eigenvalue weighted by Gasteiger charge is -2.31. The fourth-order valence-corrected chi connectivity index (χ4v) is 3.62. The molecule has 0 amide bonds. The number of hydrogen-bond acceptors (Lipinski definition) is 6. The van der Waals surface area contributed by atoms with Crippen LogP contribution in [0, 0.1) is 6.92 Å². The van der Waals surface area contributed by atoms with Gasteiger partial charge in [0.05, 0.1) is 22.3 Å². The van der Waals surface area contributed by atoms with Crippen LogP contribution in [-0.2, 0) is 4.74 Å². The molecular formula is C21H23N3O3. The molecule has 0 bridgehead atoms. The van der Waals surface area contributed by atoms with E-state index in [0.717, 1.165) is 38.0 Å². The van der Waals surface area contributed by atoms with Crippen LogP contribution >= 0.6 is 0 Å². The van der Waals surface area contributed by atoms with Gasteiger partial charge in [-0.2, -0.15) is 0 Å². The summed E-state index contributed by atoms with van der Waals surface area (Å²) in [6, 6.07) is 11.5. The number of pyridine rings is 1. The molecule has 2 aromatic heterocycles. The van der Waals surface area contributed by atoms with Gasteiger partial charge in [0.2, 0.25) is 0 Å². The number of aromatic nitrogens is 2. The van der Waals surface area contributed by atoms with Crippen LogP contribution in [-0.4, -0.2) is 46.7 Å². The zero-order chi connectivity index (χ0) is 18.8. The van der Waals surface area contributed by atoms with Crippen LogP contribution in [0.3, 0.4) is 0 Å². The van der Waals surface area contributed by atoms with Gasteiger partial charge in [0.1, 0.15) is 6.10 Å². The molecule has 1 unspecified atom stereocenters. The van der Waals surface area contributed by atoms with E-state index in [9.17, 15) is 4.79 Å². The molecule has 1 aromatic carbocycles. The van der Waals surface area contributed by atoms with E-state index in [1.807, 2.05) is 37.3 Å². The van der Waals surface area contributed by atoms with E-state index < -0.39 is 0 Å². The van der Waals surface area contributed by atoms with E-state index in [4.69, 9.17) is 9.26 Å². The van der Waals surface area contributed by atoms with E-state index in [0.29, 0.717) is 28.1 Å². The first-order chi connectivity index (χ1) is 13.2. The maximum absolute atomic E-state index is 13.0. The minimum absolute atomic E-state index is 0.0882. The van der Waals surface area contributed by atoms with E-state index >= 15 is 0 Å². The largest absolute Gasteiger partial charge is 0.457 e. The summed E-state index contributed by atoms with van der Waals surface area (Å²) in [6.07, 6.45) is 1.85. The van der Waals surface area contributed by atoms with Gasteiger partial charge in [0, 0.05) is 12.1 Å². The summed E-state index contributed by atoms with van der Waals surface area (Å²) in [5.74, 6) is -0.339. The van der Waals surface area contributed by atoms with Crippen molar-refractivity contribution < 1.29 is 14.1 Å². The van der Waals surface area contributed by atoms with Gasteiger partial charge < -0.3 is 9.26 Å². The monoisotopic (exact) mass is 365 g/mol. The fraction of sp³-hybridized carbons (Fsp3) is 0.381. The Kier molecular flexibility index (Phi) is 4.90. The highest BCUT2D eigenvalue weighted by atomic mass is 16.5. The van der Waals surface area contributed by atoms with Crippen LogP contribution in [0.4, 0.5) is 0 Å². The van der Waals surface area contributed by atoms with Crippen molar-refractivity contribution in [3.8, 4) is 11.3 Å². The molecule has 6 heteroatoms. The number of esters is 1. The van der Waals surface area contributed by atoms with Crippen LogP contribution in [0.1, 0.15) is 35.8 Å². The van der Waals surface area contributed by atoms with E-state index in [1.165, 1.54) is 0 Å². The first-order valence-electron chi connectivity index (χ1n) is 9.41. The third kappa shape index (κ3) is 3.57. The zero-order valence-electron chi connectivity index (χ0n) is 15.6. The van der Waals surface area contributed by atoms with Crippen LogP contribution in [0.5, 0.6) is 0 Å². The molecule has 0 N–H and O–H groups in total. The molecule has 0 aliphatic carbocycles. The SMILES string of the molecule is CCN1CCCC(OC(=O)c2cc(-c3ccccc3)nc3onc(C)c23)C1. The minimum atomic E-state index is -0.339. The van der Waals surface area contributed by atoms with E-state index in [-0.39, 0.29) is 12.1 Å². The summed E-state index contributed by atoms with van der Waals surface area (Å²) in [6.45, 7) is 6.75. The van der Waals surface area contributed by atoms with Crippen LogP contribution < -0.4 is 0 Å². The number of likely N-dealkylation sites (N-methyl/N-ethyl adjacent to an activating group) is 1. The Morgan fingerprint density at radius 2 is 2.15 bits per heavy atom. The summed E-state index contributed by atoms with van der Waals surface area (Å²) >= 11 is 0. The average molecular weight is 365 g/mol. The normalized spacial score (nSPS) is 17.9. The van der Waals surface area contributed by atoms with Gasteiger partial charge in [-0.25, -0.2) is 9.78 Å². The van der Waals surface area contributed by atoms with Crippen molar-refractivity contribution in [1.29, 1.82) is 0 Å². The molecule has 1 aliphatic rings. The highest BCUT2D eigenvalue weighted by Gasteiger charge is 2.26. The van der Waals surface area contributed by atoms with Crippen molar-refractivity contribution >= 4 is 17.1 Å². The molecule has 4 rings (SSSR count). The maximum atomic E-state index is 13.0. The molecule has 27 heavy (non-hydrogen) atoms. The van der Waals surface area contributed by atoms with Crippen molar-refractivity contribution in [3.05, 3.63) is 47.7 Å². The fourth-order valence-electron chi connectivity index (χ4n) is 3.62. The van der Waals surface area contributed by atoms with Gasteiger partial charge in [0.15, 0.2) is 0 Å². The second-order valence-electron chi connectivity index (χ2n) is 6.93. The van der Waals surface area contributed by atoms with Gasteiger partial charge in [0.25, 0.3) is 5.71 Å². The molecule has 140 valence electrons. The minimum Gasteiger partial charge on any atom is -0.457 e. The third-order valence-electron chi connectivity index (χ3n) is 5.09. The lowest BCUT2D eigenvalue weighted by atomic mass is 10.1. The quantitative estimate of drug-likeness (QED) is 0.655. The number of likely N-dealkylation sites (tertiary alicyclic amines) is 1. The van der Waals surface area contributed by atoms with E-state index in [1.54, 1.807) is 6.07 Å². The Morgan fingerprint density at radius 1 is 1.33 bits per heavy atom. The summed E-state index contributed by atoms with van der Waals surface area (Å²) in [5, 5.41) is 4.62. The summed E-state index contributed by atoms with van der Waals surface area (Å²) in [4.78, 5) is 19.9. The molecule has 0 saturated carbocycles. The summed E-state index contributed by atoms with van der Waals surface area (Å²) in [7, 11) is 0. The molecule has 1 atom stereocenters. The Hall–Kier alpha value is -2.73. The van der Waals surface area contributed by atoms with Crippen LogP contribution in [0.15, 0.2) is 40.9 Å². The number of ether oxygens (including phenoxy) is 1. The number of aryl methyl sites for hydroxylation is 1. The number of carbonyl (C=O) groups is 1. The predicted molar refractivity (Wildman–Crippen MR) is 103 cm³/mol. The number of hydrogen-bond donors (Lipinski definition) is 0. The molecule has 1 fully saturated rings. The second-order valence-corrected chi connectivity index (χ2v) is 6.93. The first-order valence-corrected chi connectivity index (χ1v) is 9.41. The lowest BCUT2D eigenvalue weighted by Crippen LogP contribution is -2.40. The van der Waals surface area contributed by atoms with Crippen molar-refractivity contribution in [2.24, 2.45) is 0 Å². The highest BCUT2D eigenvalue weighted by Crippen LogP contribution is 2.28. The molecular weight excluding hydrogens is 342 g/mol. The summed E-state index contributed by atoms with van der Waals surface area (Å²) < 4.78 is 11.2. The first kappa shape index (κ1) is 17.7. The molecule has 0 spiro atoms. The standard InChI is InChI=1S/C21H23N3O3/c1-3-24-11-7-10-16(13-24)26-21(25)17-12-18(15-8-5-4-6-9-15)22-20-19(17)14(2)23-27-20/h4-6,8-9,12,16H,3,7,10-11,13H2,1-2H3. The number of rotatable bonds is 4. The van der Waals surface area contributed by atoms with Crippen molar-refractivity contribution in [2.45, 2.75) is 32.8 Å². The van der Waals surface area contributed by atoms with Crippen LogP contribution in [0.25, 0.3) is 22.4 Å². The van der Waals surface area contributed by atoms with Gasteiger partial charge in [-0.05, 0) is 38.9 Å². The number of benzene rings is 1. The number of carbonyl (C=O) groups excluding carboxylic acids is 1. The van der Waals surface area contributed by atoms with Crippen molar-refractivity contribution in [1.82, 2.24) is 15.0 Å². The molecule has 3 aromatic rings. The number of piperidine rings is 1. The molecule has 6 nitrogen and oxygen atoms in total. The Morgan fingerprint density at radius 3 is 2.93 bits per heavy atom. The van der Waals surface area contributed by atoms with Crippen molar-refractivity contribution in [2.75, 3.05) is 19.6 Å². The highest BCUT2D eigenvalue weighted by molar-refractivity contribution is 6.04. The second kappa shape index (κ2) is 7.48. The molecule has 1 aliphatic heterocycles. The Bertz CT molecular complexity index is 952. The number of nitrogens with zero attached hydrogens (tertiary/aromatic N) is 3. The topological polar surface area (TPSA) is 68.5 Å². The molecule has 0 radical (unpaired) electrons. The Balaban J connectivity index is 1.69. The van der Waals surface area contributed by atoms with Gasteiger partial charge in [-0.15, -0.1) is 0 Å². The van der Waals surface area contributed by atoms with Crippen LogP contribution in [0.2, 0.25) is 0 Å². The molecule has 1 saturated heterocycles. The van der Waals surface area contributed by atoms with E-state index in [2.05, 4.69) is 22.0 Å². The predicted octanol–water partition coefficient (Wildman–Crippen LogP) is 3.84. The third-order valence-corrected chi connectivity index (χ3v) is 5.09. The van der Waals surface area contributed by atoms with Crippen molar-refractivity contribution in [3.63, 3.8) is 0 Å². The smallest absolute Gasteiger partial charge is 0.339 e.